The fraction of sp³-hybridized carbons (Fsp3) is 0.571. The Morgan fingerprint density at radius 1 is 1.53 bits per heavy atom. The van der Waals surface area contributed by atoms with Crippen LogP contribution in [0.2, 0.25) is 0 Å². The molecule has 1 saturated carbocycles. The summed E-state index contributed by atoms with van der Waals surface area (Å²) in [6.45, 7) is 0.125. The highest BCUT2D eigenvalue weighted by molar-refractivity contribution is 5.92. The van der Waals surface area contributed by atoms with E-state index >= 15 is 0 Å². The highest BCUT2D eigenvalue weighted by atomic mass is 16.3. The summed E-state index contributed by atoms with van der Waals surface area (Å²) in [6.07, 6.45) is 6.57. The lowest BCUT2D eigenvalue weighted by Gasteiger charge is -2.38. The highest BCUT2D eigenvalue weighted by Crippen LogP contribution is 2.32. The molecule has 1 aliphatic carbocycles. The van der Waals surface area contributed by atoms with Gasteiger partial charge >= 0.3 is 0 Å². The Hall–Kier alpha value is -1.46. The van der Waals surface area contributed by atoms with E-state index in [-0.39, 0.29) is 24.0 Å². The summed E-state index contributed by atoms with van der Waals surface area (Å²) in [6, 6.07) is 3.63. The van der Waals surface area contributed by atoms with Crippen molar-refractivity contribution >= 4 is 11.6 Å². The van der Waals surface area contributed by atoms with Crippen LogP contribution in [0.5, 0.6) is 0 Å². The topological polar surface area (TPSA) is 74.2 Å². The molecule has 1 amide bonds. The molecular weight excluding hydrogens is 242 g/mol. The molecule has 0 atom stereocenters. The lowest BCUT2D eigenvalue weighted by molar-refractivity contribution is -0.121. The predicted octanol–water partition coefficient (Wildman–Crippen LogP) is 1.16. The summed E-state index contributed by atoms with van der Waals surface area (Å²) in [5.74, 6) is 0.0730. The van der Waals surface area contributed by atoms with Crippen molar-refractivity contribution in [3.63, 3.8) is 0 Å². The van der Waals surface area contributed by atoms with Gasteiger partial charge < -0.3 is 15.7 Å². The van der Waals surface area contributed by atoms with Crippen molar-refractivity contribution in [2.45, 2.75) is 31.2 Å². The number of nitrogens with zero attached hydrogens (tertiary/aromatic N) is 1. The van der Waals surface area contributed by atoms with Gasteiger partial charge in [-0.05, 0) is 44.9 Å². The van der Waals surface area contributed by atoms with E-state index in [9.17, 15) is 9.90 Å². The number of aliphatic hydroxyl groups excluding tert-OH is 1. The zero-order valence-electron chi connectivity index (χ0n) is 11.2. The molecule has 1 fully saturated rings. The van der Waals surface area contributed by atoms with Crippen molar-refractivity contribution < 1.29 is 9.90 Å². The number of pyridine rings is 1. The van der Waals surface area contributed by atoms with Gasteiger partial charge in [-0.1, -0.05) is 0 Å². The van der Waals surface area contributed by atoms with Gasteiger partial charge in [0.25, 0.3) is 0 Å². The van der Waals surface area contributed by atoms with Crippen molar-refractivity contribution in [2.24, 2.45) is 5.92 Å². The predicted molar refractivity (Wildman–Crippen MR) is 73.7 cm³/mol. The van der Waals surface area contributed by atoms with Crippen LogP contribution in [0.25, 0.3) is 0 Å². The van der Waals surface area contributed by atoms with Gasteiger partial charge in [0.05, 0.1) is 18.5 Å². The maximum Gasteiger partial charge on any atom is 0.227 e. The van der Waals surface area contributed by atoms with Gasteiger partial charge in [0.2, 0.25) is 5.91 Å². The summed E-state index contributed by atoms with van der Waals surface area (Å²) in [5, 5.41) is 15.5. The highest BCUT2D eigenvalue weighted by Gasteiger charge is 2.35. The lowest BCUT2D eigenvalue weighted by Crippen LogP contribution is -2.50. The molecule has 1 heterocycles. The summed E-state index contributed by atoms with van der Waals surface area (Å²) in [4.78, 5) is 16.1. The van der Waals surface area contributed by atoms with Crippen molar-refractivity contribution in [3.8, 4) is 0 Å². The van der Waals surface area contributed by atoms with Gasteiger partial charge in [-0.15, -0.1) is 0 Å². The maximum absolute atomic E-state index is 12.1. The molecule has 0 spiro atoms. The largest absolute Gasteiger partial charge is 0.394 e. The van der Waals surface area contributed by atoms with Crippen LogP contribution >= 0.6 is 0 Å². The fourth-order valence-electron chi connectivity index (χ4n) is 2.60. The third kappa shape index (κ3) is 3.30. The minimum atomic E-state index is -0.203. The zero-order chi connectivity index (χ0) is 13.7. The van der Waals surface area contributed by atoms with E-state index in [1.54, 1.807) is 18.5 Å². The Labute approximate surface area is 113 Å². The second-order valence-electron chi connectivity index (χ2n) is 5.19. The first kappa shape index (κ1) is 14.0. The number of likely N-dealkylation sites (N-methyl/N-ethyl adjacent to an activating group) is 1. The number of aromatic nitrogens is 1. The van der Waals surface area contributed by atoms with Crippen LogP contribution in [-0.4, -0.2) is 35.2 Å². The molecule has 0 saturated heterocycles. The molecule has 1 aliphatic rings. The molecule has 2 rings (SSSR count). The maximum atomic E-state index is 12.1. The van der Waals surface area contributed by atoms with Crippen LogP contribution in [-0.2, 0) is 4.79 Å². The molecule has 0 aromatic carbocycles. The van der Waals surface area contributed by atoms with Crippen molar-refractivity contribution in [1.29, 1.82) is 0 Å². The lowest BCUT2D eigenvalue weighted by atomic mass is 9.76. The Balaban J connectivity index is 1.89. The summed E-state index contributed by atoms with van der Waals surface area (Å²) in [7, 11) is 1.87. The number of anilines is 1. The standard InChI is InChI=1S/C14H21N3O2/c1-15-14(10-18)6-4-11(5-7-14)13(19)17-12-3-2-8-16-9-12/h2-3,8-9,11,15,18H,4-7,10H2,1H3,(H,17,19). The van der Waals surface area contributed by atoms with Crippen LogP contribution in [0, 0.1) is 5.92 Å². The molecule has 0 unspecified atom stereocenters. The van der Waals surface area contributed by atoms with Crippen LogP contribution in [0.4, 0.5) is 5.69 Å². The van der Waals surface area contributed by atoms with Crippen molar-refractivity contribution in [1.82, 2.24) is 10.3 Å². The second-order valence-corrected chi connectivity index (χ2v) is 5.19. The molecule has 19 heavy (non-hydrogen) atoms. The zero-order valence-corrected chi connectivity index (χ0v) is 11.2. The van der Waals surface area contributed by atoms with Crippen LogP contribution in [0.3, 0.4) is 0 Å². The molecule has 104 valence electrons. The van der Waals surface area contributed by atoms with Crippen LogP contribution in [0.15, 0.2) is 24.5 Å². The molecule has 3 N–H and O–H groups in total. The molecule has 0 bridgehead atoms. The van der Waals surface area contributed by atoms with E-state index in [1.807, 2.05) is 13.1 Å². The van der Waals surface area contributed by atoms with Gasteiger partial charge in [0.1, 0.15) is 0 Å². The summed E-state index contributed by atoms with van der Waals surface area (Å²) < 4.78 is 0. The first-order valence-corrected chi connectivity index (χ1v) is 6.70. The number of carbonyl (C=O) groups is 1. The van der Waals surface area contributed by atoms with Gasteiger partial charge in [0, 0.05) is 17.7 Å². The molecule has 0 radical (unpaired) electrons. The normalized spacial score (nSPS) is 26.9. The molecule has 1 aromatic rings. The number of rotatable bonds is 4. The monoisotopic (exact) mass is 263 g/mol. The van der Waals surface area contributed by atoms with Gasteiger partial charge in [-0.2, -0.15) is 0 Å². The number of carbonyl (C=O) groups excluding carboxylic acids is 1. The van der Waals surface area contributed by atoms with Crippen LogP contribution in [0.1, 0.15) is 25.7 Å². The quantitative estimate of drug-likeness (QED) is 0.762. The van der Waals surface area contributed by atoms with Crippen LogP contribution < -0.4 is 10.6 Å². The fourth-order valence-corrected chi connectivity index (χ4v) is 2.60. The molecule has 5 heteroatoms. The average molecular weight is 263 g/mol. The van der Waals surface area contributed by atoms with E-state index in [0.717, 1.165) is 31.4 Å². The SMILES string of the molecule is CNC1(CO)CCC(C(=O)Nc2cccnc2)CC1. The number of aliphatic hydroxyl groups is 1. The number of hydrogen-bond acceptors (Lipinski definition) is 4. The van der Waals surface area contributed by atoms with Gasteiger partial charge in [0.15, 0.2) is 0 Å². The number of nitrogens with one attached hydrogen (secondary N) is 2. The van der Waals surface area contributed by atoms with E-state index < -0.39 is 0 Å². The summed E-state index contributed by atoms with van der Waals surface area (Å²) in [5.41, 5.74) is 0.533. The Morgan fingerprint density at radius 3 is 2.79 bits per heavy atom. The third-order valence-corrected chi connectivity index (χ3v) is 4.08. The van der Waals surface area contributed by atoms with Gasteiger partial charge in [-0.25, -0.2) is 0 Å². The molecule has 1 aromatic heterocycles. The Bertz CT molecular complexity index is 408. The molecule has 5 nitrogen and oxygen atoms in total. The van der Waals surface area contributed by atoms with Crippen molar-refractivity contribution in [3.05, 3.63) is 24.5 Å². The van der Waals surface area contributed by atoms with E-state index in [4.69, 9.17) is 0 Å². The first-order valence-electron chi connectivity index (χ1n) is 6.70. The number of amides is 1. The number of hydrogen-bond donors (Lipinski definition) is 3. The smallest absolute Gasteiger partial charge is 0.227 e. The van der Waals surface area contributed by atoms with Crippen molar-refractivity contribution in [2.75, 3.05) is 19.0 Å². The van der Waals surface area contributed by atoms with E-state index in [1.165, 1.54) is 0 Å². The second kappa shape index (κ2) is 6.12. The van der Waals surface area contributed by atoms with Gasteiger partial charge in [-0.3, -0.25) is 9.78 Å². The summed E-state index contributed by atoms with van der Waals surface area (Å²) >= 11 is 0. The van der Waals surface area contributed by atoms with E-state index in [2.05, 4.69) is 15.6 Å². The molecular formula is C14H21N3O2. The van der Waals surface area contributed by atoms with E-state index in [0.29, 0.717) is 0 Å². The minimum Gasteiger partial charge on any atom is -0.394 e. The Morgan fingerprint density at radius 2 is 2.26 bits per heavy atom. The third-order valence-electron chi connectivity index (χ3n) is 4.08. The minimum absolute atomic E-state index is 0.0215. The average Bonchev–Trinajstić information content (AvgIpc) is 2.48. The first-order chi connectivity index (χ1) is 9.19. The molecule has 0 aliphatic heterocycles. The Kier molecular flexibility index (Phi) is 4.50.